The molecule has 0 radical (unpaired) electrons. The van der Waals surface area contributed by atoms with Crippen molar-refractivity contribution in [2.24, 2.45) is 0 Å². The van der Waals surface area contributed by atoms with Crippen molar-refractivity contribution in [2.75, 3.05) is 18.8 Å². The van der Waals surface area contributed by atoms with Gasteiger partial charge in [0.25, 0.3) is 5.88 Å². The summed E-state index contributed by atoms with van der Waals surface area (Å²) in [5.41, 5.74) is 1.47. The van der Waals surface area contributed by atoms with Crippen molar-refractivity contribution in [3.05, 3.63) is 60.8 Å². The van der Waals surface area contributed by atoms with Crippen LogP contribution in [0.4, 0.5) is 5.69 Å². The van der Waals surface area contributed by atoms with Gasteiger partial charge in [0.05, 0.1) is 13.7 Å². The van der Waals surface area contributed by atoms with E-state index >= 15 is 0 Å². The molecule has 0 aliphatic heterocycles. The number of methoxy groups -OCH3 is 1. The molecule has 0 amide bonds. The fourth-order valence-electron chi connectivity index (χ4n) is 1.90. The summed E-state index contributed by atoms with van der Waals surface area (Å²) >= 11 is 0. The number of benzene rings is 1. The zero-order valence-electron chi connectivity index (χ0n) is 11.9. The first-order valence-electron chi connectivity index (χ1n) is 6.53. The Hall–Kier alpha value is -2.53. The van der Waals surface area contributed by atoms with E-state index in [-0.39, 0.29) is 0 Å². The third kappa shape index (κ3) is 3.73. The van der Waals surface area contributed by atoms with Crippen LogP contribution in [0.2, 0.25) is 0 Å². The highest BCUT2D eigenvalue weighted by Gasteiger charge is 2.16. The Balaban J connectivity index is 2.23. The Morgan fingerprint density at radius 1 is 1.29 bits per heavy atom. The number of ether oxygens (including phenoxy) is 2. The lowest BCUT2D eigenvalue weighted by Crippen LogP contribution is -2.18. The number of aromatic nitrogens is 1. The van der Waals surface area contributed by atoms with Gasteiger partial charge in [0.2, 0.25) is 5.75 Å². The van der Waals surface area contributed by atoms with Crippen molar-refractivity contribution in [1.82, 2.24) is 4.98 Å². The van der Waals surface area contributed by atoms with Gasteiger partial charge in [-0.2, -0.15) is 0 Å². The van der Waals surface area contributed by atoms with Gasteiger partial charge in [0, 0.05) is 6.20 Å². The van der Waals surface area contributed by atoms with Crippen LogP contribution in [0.25, 0.3) is 0 Å². The Kier molecular flexibility index (Phi) is 5.17. The average molecular weight is 286 g/mol. The summed E-state index contributed by atoms with van der Waals surface area (Å²) in [5.74, 6) is 0.708. The molecule has 0 aliphatic carbocycles. The molecule has 0 atom stereocenters. The van der Waals surface area contributed by atoms with Gasteiger partial charge in [-0.15, -0.1) is 0 Å². The molecule has 0 spiro atoms. The normalized spacial score (nSPS) is 10.0. The van der Waals surface area contributed by atoms with Gasteiger partial charge in [-0.1, -0.05) is 43.0 Å². The second-order valence-corrected chi connectivity index (χ2v) is 4.31. The Bertz CT molecular complexity index is 587. The molecule has 1 N–H and O–H groups in total. The number of hydrogen-bond acceptors (Lipinski definition) is 5. The van der Waals surface area contributed by atoms with Gasteiger partial charge in [0.1, 0.15) is 12.3 Å². The van der Waals surface area contributed by atoms with E-state index in [1.165, 1.54) is 7.11 Å². The molecule has 0 bridgehead atoms. The van der Waals surface area contributed by atoms with Gasteiger partial charge in [0.15, 0.2) is 0 Å². The fourth-order valence-corrected chi connectivity index (χ4v) is 1.90. The summed E-state index contributed by atoms with van der Waals surface area (Å²) in [6.07, 6.45) is 3.18. The lowest BCUT2D eigenvalue weighted by atomic mass is 10.2. The van der Waals surface area contributed by atoms with Crippen LogP contribution >= 0.6 is 0 Å². The fraction of sp³-hybridized carbons (Fsp3) is 0.188. The van der Waals surface area contributed by atoms with E-state index in [4.69, 9.17) is 9.47 Å². The lowest BCUT2D eigenvalue weighted by Gasteiger charge is -2.20. The summed E-state index contributed by atoms with van der Waals surface area (Å²) in [4.78, 5) is 4.10. The van der Waals surface area contributed by atoms with Crippen molar-refractivity contribution >= 4 is 5.69 Å². The van der Waals surface area contributed by atoms with Crippen molar-refractivity contribution in [2.45, 2.75) is 6.54 Å². The Morgan fingerprint density at radius 3 is 2.71 bits per heavy atom. The van der Waals surface area contributed by atoms with Crippen LogP contribution in [0, 0.1) is 0 Å². The smallest absolute Gasteiger partial charge is 0.259 e. The second-order valence-electron chi connectivity index (χ2n) is 4.31. The first kappa shape index (κ1) is 14.9. The Labute approximate surface area is 124 Å². The largest absolute Gasteiger partial charge is 0.490 e. The monoisotopic (exact) mass is 286 g/mol. The molecule has 0 saturated carbocycles. The topological polar surface area (TPSA) is 54.8 Å². The van der Waals surface area contributed by atoms with Crippen molar-refractivity contribution in [3.63, 3.8) is 0 Å². The van der Waals surface area contributed by atoms with Crippen LogP contribution in [0.1, 0.15) is 5.56 Å². The first-order valence-corrected chi connectivity index (χ1v) is 6.53. The summed E-state index contributed by atoms with van der Waals surface area (Å²) in [6.45, 7) is 4.24. The highest BCUT2D eigenvalue weighted by atomic mass is 16.5. The zero-order valence-corrected chi connectivity index (χ0v) is 11.9. The molecule has 5 heteroatoms. The summed E-state index contributed by atoms with van der Waals surface area (Å²) < 4.78 is 10.7. The molecule has 0 unspecified atom stereocenters. The molecule has 1 aromatic heterocycles. The number of nitrogens with zero attached hydrogens (tertiary/aromatic N) is 2. The second kappa shape index (κ2) is 7.31. The molecular weight excluding hydrogens is 268 g/mol. The number of pyridine rings is 1. The van der Waals surface area contributed by atoms with E-state index in [1.807, 2.05) is 30.3 Å². The molecule has 0 saturated heterocycles. The summed E-state index contributed by atoms with van der Waals surface area (Å²) in [6, 6.07) is 11.3. The van der Waals surface area contributed by atoms with Crippen LogP contribution in [-0.2, 0) is 6.54 Å². The molecule has 0 aliphatic rings. The van der Waals surface area contributed by atoms with E-state index < -0.39 is 0 Å². The molecule has 1 heterocycles. The lowest BCUT2D eigenvalue weighted by molar-refractivity contribution is 0.242. The van der Waals surface area contributed by atoms with Crippen molar-refractivity contribution in [3.8, 4) is 11.6 Å². The predicted octanol–water partition coefficient (Wildman–Crippen LogP) is 3.05. The molecule has 2 aromatic rings. The minimum atomic E-state index is 0.316. The SMILES string of the molecule is C=CCOc1nccc(N(O)Cc2ccccc2)c1OC. The van der Waals surface area contributed by atoms with Crippen LogP contribution in [0.5, 0.6) is 11.6 Å². The van der Waals surface area contributed by atoms with Crippen LogP contribution < -0.4 is 14.5 Å². The van der Waals surface area contributed by atoms with E-state index in [0.29, 0.717) is 30.5 Å². The number of hydroxylamine groups is 1. The number of rotatable bonds is 7. The molecule has 0 fully saturated rings. The third-order valence-electron chi connectivity index (χ3n) is 2.85. The standard InChI is InChI=1S/C16H18N2O3/c1-3-11-21-16-15(20-2)14(9-10-17-16)18(19)12-13-7-5-4-6-8-13/h3-10,19H,1,11-12H2,2H3. The van der Waals surface area contributed by atoms with Crippen molar-refractivity contribution in [1.29, 1.82) is 0 Å². The zero-order chi connectivity index (χ0) is 15.1. The summed E-state index contributed by atoms with van der Waals surface area (Å²) in [7, 11) is 1.51. The predicted molar refractivity (Wildman–Crippen MR) is 80.9 cm³/mol. The van der Waals surface area contributed by atoms with E-state index in [9.17, 15) is 5.21 Å². The Morgan fingerprint density at radius 2 is 2.05 bits per heavy atom. The molecule has 1 aromatic carbocycles. The maximum absolute atomic E-state index is 10.3. The van der Waals surface area contributed by atoms with Gasteiger partial charge in [-0.3, -0.25) is 5.21 Å². The van der Waals surface area contributed by atoms with Gasteiger partial charge >= 0.3 is 0 Å². The first-order chi connectivity index (χ1) is 10.3. The highest BCUT2D eigenvalue weighted by molar-refractivity contribution is 5.60. The average Bonchev–Trinajstić information content (AvgIpc) is 2.53. The van der Waals surface area contributed by atoms with Gasteiger partial charge in [-0.25, -0.2) is 10.0 Å². The quantitative estimate of drug-likeness (QED) is 0.626. The summed E-state index contributed by atoms with van der Waals surface area (Å²) in [5, 5.41) is 11.4. The molecular formula is C16H18N2O3. The van der Waals surface area contributed by atoms with E-state index in [2.05, 4.69) is 11.6 Å². The van der Waals surface area contributed by atoms with E-state index in [1.54, 1.807) is 18.3 Å². The minimum Gasteiger partial charge on any atom is -0.490 e. The maximum atomic E-state index is 10.3. The molecule has 2 rings (SSSR count). The van der Waals surface area contributed by atoms with Crippen LogP contribution in [0.15, 0.2) is 55.3 Å². The third-order valence-corrected chi connectivity index (χ3v) is 2.85. The van der Waals surface area contributed by atoms with Gasteiger partial charge < -0.3 is 9.47 Å². The minimum absolute atomic E-state index is 0.316. The van der Waals surface area contributed by atoms with Crippen molar-refractivity contribution < 1.29 is 14.7 Å². The highest BCUT2D eigenvalue weighted by Crippen LogP contribution is 2.35. The van der Waals surface area contributed by atoms with Crippen LogP contribution in [-0.4, -0.2) is 23.9 Å². The molecule has 110 valence electrons. The van der Waals surface area contributed by atoms with Gasteiger partial charge in [-0.05, 0) is 11.6 Å². The van der Waals surface area contributed by atoms with Crippen LogP contribution in [0.3, 0.4) is 0 Å². The molecule has 5 nitrogen and oxygen atoms in total. The molecule has 21 heavy (non-hydrogen) atoms. The number of anilines is 1. The number of hydrogen-bond donors (Lipinski definition) is 1. The maximum Gasteiger partial charge on any atom is 0.259 e. The van der Waals surface area contributed by atoms with E-state index in [0.717, 1.165) is 10.6 Å².